The number of fused-ring (bicyclic) bond motifs is 1. The van der Waals surface area contributed by atoms with Crippen LogP contribution in [0.25, 0.3) is 0 Å². The molecule has 9 nitrogen and oxygen atoms in total. The highest BCUT2D eigenvalue weighted by Gasteiger charge is 2.42. The van der Waals surface area contributed by atoms with Gasteiger partial charge in [0, 0.05) is 18.8 Å². The van der Waals surface area contributed by atoms with E-state index in [0.29, 0.717) is 30.0 Å². The molecule has 2 heterocycles. The standard InChI is InChI=1S/C24H27N3O6S/c28-22-15-27(12-11-25-22)34(30,31)19-6-4-5-18(14-19)26-23(29)24(9-2-1-3-10-24)17-7-8-20-21(13-17)33-16-32-20/h4-8,13-14H,1-3,9-12,15-16H2,(H,25,28)(H,26,29). The summed E-state index contributed by atoms with van der Waals surface area (Å²) in [6.45, 7) is 0.425. The van der Waals surface area contributed by atoms with E-state index in [1.807, 2.05) is 18.2 Å². The molecule has 0 bridgehead atoms. The van der Waals surface area contributed by atoms with Gasteiger partial charge < -0.3 is 20.1 Å². The van der Waals surface area contributed by atoms with Crippen molar-refractivity contribution in [2.75, 3.05) is 31.7 Å². The van der Waals surface area contributed by atoms with Crippen molar-refractivity contribution < 1.29 is 27.5 Å². The van der Waals surface area contributed by atoms with Gasteiger partial charge in [0.1, 0.15) is 0 Å². The van der Waals surface area contributed by atoms with Crippen molar-refractivity contribution in [2.45, 2.75) is 42.4 Å². The minimum Gasteiger partial charge on any atom is -0.454 e. The quantitative estimate of drug-likeness (QED) is 0.672. The largest absolute Gasteiger partial charge is 0.454 e. The fraction of sp³-hybridized carbons (Fsp3) is 0.417. The Bertz CT molecular complexity index is 1220. The van der Waals surface area contributed by atoms with E-state index >= 15 is 0 Å². The molecule has 1 saturated heterocycles. The van der Waals surface area contributed by atoms with Gasteiger partial charge in [-0.25, -0.2) is 8.42 Å². The Balaban J connectivity index is 1.42. The van der Waals surface area contributed by atoms with E-state index < -0.39 is 15.4 Å². The lowest BCUT2D eigenvalue weighted by Gasteiger charge is -2.36. The monoisotopic (exact) mass is 485 g/mol. The molecule has 2 aromatic rings. The number of nitrogens with zero attached hydrogens (tertiary/aromatic N) is 1. The molecule has 1 saturated carbocycles. The summed E-state index contributed by atoms with van der Waals surface area (Å²) >= 11 is 0. The second-order valence-corrected chi connectivity index (χ2v) is 10.8. The van der Waals surface area contributed by atoms with Crippen LogP contribution < -0.4 is 20.1 Å². The van der Waals surface area contributed by atoms with Gasteiger partial charge in [0.15, 0.2) is 11.5 Å². The molecule has 0 unspecified atom stereocenters. The number of nitrogens with one attached hydrogen (secondary N) is 2. The third-order valence-electron chi connectivity index (χ3n) is 6.80. The summed E-state index contributed by atoms with van der Waals surface area (Å²) < 4.78 is 38.3. The molecule has 3 aliphatic rings. The van der Waals surface area contributed by atoms with Crippen LogP contribution in [0.5, 0.6) is 11.5 Å². The maximum Gasteiger partial charge on any atom is 0.243 e. The molecule has 34 heavy (non-hydrogen) atoms. The van der Waals surface area contributed by atoms with E-state index in [9.17, 15) is 18.0 Å². The molecule has 2 aliphatic heterocycles. The number of rotatable bonds is 5. The van der Waals surface area contributed by atoms with E-state index in [1.54, 1.807) is 12.1 Å². The lowest BCUT2D eigenvalue weighted by atomic mass is 9.68. The molecule has 0 aromatic heterocycles. The van der Waals surface area contributed by atoms with Gasteiger partial charge in [-0.2, -0.15) is 4.31 Å². The van der Waals surface area contributed by atoms with Crippen LogP contribution in [0.3, 0.4) is 0 Å². The highest BCUT2D eigenvalue weighted by molar-refractivity contribution is 7.89. The van der Waals surface area contributed by atoms with Crippen molar-refractivity contribution in [3.05, 3.63) is 48.0 Å². The SMILES string of the molecule is O=C1CN(S(=O)(=O)c2cccc(NC(=O)C3(c4ccc5c(c4)OCO5)CCCCC3)c2)CCN1. The van der Waals surface area contributed by atoms with Gasteiger partial charge >= 0.3 is 0 Å². The van der Waals surface area contributed by atoms with Crippen LogP contribution >= 0.6 is 0 Å². The summed E-state index contributed by atoms with van der Waals surface area (Å²) in [5.74, 6) is 0.800. The van der Waals surface area contributed by atoms with Gasteiger partial charge in [0.2, 0.25) is 28.6 Å². The molecule has 2 fully saturated rings. The molecule has 180 valence electrons. The Hall–Kier alpha value is -3.11. The predicted molar refractivity (Wildman–Crippen MR) is 124 cm³/mol. The van der Waals surface area contributed by atoms with Crippen LogP contribution in [0.2, 0.25) is 0 Å². The zero-order valence-corrected chi connectivity index (χ0v) is 19.5. The number of amides is 2. The number of benzene rings is 2. The van der Waals surface area contributed by atoms with Gasteiger partial charge in [-0.1, -0.05) is 31.4 Å². The summed E-state index contributed by atoms with van der Waals surface area (Å²) in [7, 11) is -3.86. The van der Waals surface area contributed by atoms with E-state index in [0.717, 1.165) is 29.1 Å². The molecule has 5 rings (SSSR count). The summed E-state index contributed by atoms with van der Waals surface area (Å²) in [5, 5.41) is 5.60. The molecule has 0 atom stereocenters. The first-order valence-electron chi connectivity index (χ1n) is 11.5. The van der Waals surface area contributed by atoms with Gasteiger partial charge in [0.05, 0.1) is 16.9 Å². The van der Waals surface area contributed by atoms with Crippen LogP contribution in [0.1, 0.15) is 37.7 Å². The average Bonchev–Trinajstić information content (AvgIpc) is 3.33. The smallest absolute Gasteiger partial charge is 0.243 e. The Morgan fingerprint density at radius 3 is 2.62 bits per heavy atom. The number of sulfonamides is 1. The Morgan fingerprint density at radius 1 is 1.03 bits per heavy atom. The van der Waals surface area contributed by atoms with Crippen LogP contribution in [0.4, 0.5) is 5.69 Å². The van der Waals surface area contributed by atoms with E-state index in [2.05, 4.69) is 10.6 Å². The Kier molecular flexibility index (Phi) is 5.95. The van der Waals surface area contributed by atoms with Crippen LogP contribution in [0, 0.1) is 0 Å². The van der Waals surface area contributed by atoms with E-state index in [4.69, 9.17) is 9.47 Å². The predicted octanol–water partition coefficient (Wildman–Crippen LogP) is 2.38. The minimum absolute atomic E-state index is 0.0424. The third-order valence-corrected chi connectivity index (χ3v) is 8.64. The van der Waals surface area contributed by atoms with Crippen molar-refractivity contribution in [1.82, 2.24) is 9.62 Å². The van der Waals surface area contributed by atoms with Gasteiger partial charge in [-0.05, 0) is 48.7 Å². The third kappa shape index (κ3) is 4.12. The molecular formula is C24H27N3O6S. The number of hydrogen-bond acceptors (Lipinski definition) is 6. The normalized spacial score (nSPS) is 19.9. The molecule has 2 N–H and O–H groups in total. The molecule has 0 radical (unpaired) electrons. The average molecular weight is 486 g/mol. The van der Waals surface area contributed by atoms with Gasteiger partial charge in [-0.15, -0.1) is 0 Å². The Morgan fingerprint density at radius 2 is 1.82 bits per heavy atom. The second kappa shape index (κ2) is 8.92. The number of hydrogen-bond donors (Lipinski definition) is 2. The fourth-order valence-corrected chi connectivity index (χ4v) is 6.39. The lowest BCUT2D eigenvalue weighted by Crippen LogP contribution is -2.49. The lowest BCUT2D eigenvalue weighted by molar-refractivity contribution is -0.123. The fourth-order valence-electron chi connectivity index (χ4n) is 4.95. The van der Waals surface area contributed by atoms with Crippen molar-refractivity contribution in [3.63, 3.8) is 0 Å². The van der Waals surface area contributed by atoms with Crippen LogP contribution in [-0.4, -0.2) is 51.0 Å². The highest BCUT2D eigenvalue weighted by atomic mass is 32.2. The van der Waals surface area contributed by atoms with Crippen LogP contribution in [-0.2, 0) is 25.0 Å². The maximum atomic E-state index is 13.7. The minimum atomic E-state index is -3.86. The van der Waals surface area contributed by atoms with E-state index in [1.165, 1.54) is 12.1 Å². The zero-order chi connectivity index (χ0) is 23.8. The molecule has 0 spiro atoms. The molecule has 2 amide bonds. The van der Waals surface area contributed by atoms with Crippen LogP contribution in [0.15, 0.2) is 47.4 Å². The topological polar surface area (TPSA) is 114 Å². The maximum absolute atomic E-state index is 13.7. The second-order valence-electron chi connectivity index (χ2n) is 8.88. The van der Waals surface area contributed by atoms with Crippen molar-refractivity contribution >= 4 is 27.5 Å². The van der Waals surface area contributed by atoms with Crippen molar-refractivity contribution in [2.24, 2.45) is 0 Å². The zero-order valence-electron chi connectivity index (χ0n) is 18.7. The summed E-state index contributed by atoms with van der Waals surface area (Å²) in [6, 6.07) is 11.8. The molecule has 1 aliphatic carbocycles. The van der Waals surface area contributed by atoms with Crippen molar-refractivity contribution in [1.29, 1.82) is 0 Å². The number of carbonyl (C=O) groups excluding carboxylic acids is 2. The number of carbonyl (C=O) groups is 2. The summed E-state index contributed by atoms with van der Waals surface area (Å²) in [4.78, 5) is 25.4. The van der Waals surface area contributed by atoms with Gasteiger partial charge in [0.25, 0.3) is 0 Å². The van der Waals surface area contributed by atoms with E-state index in [-0.39, 0.29) is 43.1 Å². The number of piperazine rings is 1. The molecule has 2 aromatic carbocycles. The summed E-state index contributed by atoms with van der Waals surface area (Å²) in [5.41, 5.74) is 0.536. The number of anilines is 1. The molecule has 10 heteroatoms. The Labute approximate surface area is 198 Å². The molecular weight excluding hydrogens is 458 g/mol. The first-order chi connectivity index (χ1) is 16.4. The first kappa shape index (κ1) is 22.7. The number of ether oxygens (including phenoxy) is 2. The highest BCUT2D eigenvalue weighted by Crippen LogP contribution is 2.44. The summed E-state index contributed by atoms with van der Waals surface area (Å²) in [6.07, 6.45) is 4.30. The van der Waals surface area contributed by atoms with Crippen molar-refractivity contribution in [3.8, 4) is 11.5 Å². The van der Waals surface area contributed by atoms with Gasteiger partial charge in [-0.3, -0.25) is 9.59 Å². The first-order valence-corrected chi connectivity index (χ1v) is 12.9.